The Labute approximate surface area is 120 Å². The lowest BCUT2D eigenvalue weighted by Crippen LogP contribution is -2.41. The van der Waals surface area contributed by atoms with Gasteiger partial charge in [0.15, 0.2) is 0 Å². The first kappa shape index (κ1) is 21.3. The van der Waals surface area contributed by atoms with Gasteiger partial charge in [0.05, 0.1) is 40.8 Å². The predicted octanol–water partition coefficient (Wildman–Crippen LogP) is 0.0346. The highest BCUT2D eigenvalue weighted by Crippen LogP contribution is 2.29. The minimum Gasteiger partial charge on any atom is -0.756 e. The van der Waals surface area contributed by atoms with E-state index >= 15 is 0 Å². The summed E-state index contributed by atoms with van der Waals surface area (Å²) in [5.74, 6) is -0.0524. The minimum absolute atomic E-state index is 0.0524. The van der Waals surface area contributed by atoms with Crippen LogP contribution in [0.5, 0.6) is 0 Å². The number of phosphoric ester groups is 1. The Kier molecular flexibility index (Phi) is 10.5. The molecule has 0 aliphatic carbocycles. The van der Waals surface area contributed by atoms with Gasteiger partial charge in [-0.2, -0.15) is 0 Å². The molecule has 0 radical (unpaired) electrons. The van der Waals surface area contributed by atoms with Gasteiger partial charge in [-0.15, -0.1) is 6.58 Å². The Morgan fingerprint density at radius 3 is 2.25 bits per heavy atom. The average molecular weight is 308 g/mol. The zero-order valence-corrected chi connectivity index (χ0v) is 13.5. The molecule has 0 saturated carbocycles. The summed E-state index contributed by atoms with van der Waals surface area (Å²) in [6.07, 6.45) is 1.22. The first-order chi connectivity index (χ1) is 8.89. The number of quaternary nitrogens is 1. The molecular weight excluding hydrogens is 283 g/mol. The molecule has 0 aliphatic rings. The molecule has 7 nitrogen and oxygen atoms in total. The van der Waals surface area contributed by atoms with Crippen LogP contribution in [0.2, 0.25) is 0 Å². The number of nitrogens with one attached hydrogen (secondary N) is 1. The van der Waals surface area contributed by atoms with Crippen molar-refractivity contribution in [2.24, 2.45) is 0 Å². The summed E-state index contributed by atoms with van der Waals surface area (Å²) in [5, 5.41) is 2.78. The summed E-state index contributed by atoms with van der Waals surface area (Å²) in [5.41, 5.74) is 0.566. The third-order valence-electron chi connectivity index (χ3n) is 1.81. The quantitative estimate of drug-likeness (QED) is 0.299. The lowest BCUT2D eigenvalue weighted by atomic mass is 10.3. The second kappa shape index (κ2) is 9.85. The molecule has 2 N–H and O–H groups in total. The van der Waals surface area contributed by atoms with Crippen LogP contribution in [0.3, 0.4) is 0 Å². The Morgan fingerprint density at radius 1 is 1.50 bits per heavy atom. The first-order valence-corrected chi connectivity index (χ1v) is 7.42. The summed E-state index contributed by atoms with van der Waals surface area (Å²) < 4.78 is 14.4. The zero-order valence-electron chi connectivity index (χ0n) is 12.6. The van der Waals surface area contributed by atoms with Crippen LogP contribution in [0.25, 0.3) is 0 Å². The van der Waals surface area contributed by atoms with E-state index in [1.54, 1.807) is 6.92 Å². The van der Waals surface area contributed by atoms with E-state index < -0.39 is 7.82 Å². The Morgan fingerprint density at radius 2 is 2.00 bits per heavy atom. The van der Waals surface area contributed by atoms with E-state index in [0.717, 1.165) is 11.0 Å². The Hall–Kier alpha value is -0.980. The van der Waals surface area contributed by atoms with Crippen LogP contribution in [-0.4, -0.2) is 56.1 Å². The van der Waals surface area contributed by atoms with Crippen molar-refractivity contribution in [3.8, 4) is 0 Å². The van der Waals surface area contributed by atoms with Crippen molar-refractivity contribution in [1.29, 1.82) is 0 Å². The van der Waals surface area contributed by atoms with E-state index in [2.05, 4.69) is 44.1 Å². The summed E-state index contributed by atoms with van der Waals surface area (Å²) in [6, 6.07) is 0. The maximum Gasteiger partial charge on any atom is 0.265 e. The van der Waals surface area contributed by atoms with Crippen molar-refractivity contribution in [3.05, 3.63) is 24.8 Å². The van der Waals surface area contributed by atoms with Crippen LogP contribution in [0.1, 0.15) is 6.92 Å². The predicted molar refractivity (Wildman–Crippen MR) is 76.7 cm³/mol. The molecule has 8 heteroatoms. The van der Waals surface area contributed by atoms with E-state index in [4.69, 9.17) is 4.89 Å². The van der Waals surface area contributed by atoms with Gasteiger partial charge in [-0.1, -0.05) is 12.7 Å². The van der Waals surface area contributed by atoms with Gasteiger partial charge in [0.1, 0.15) is 0 Å². The fourth-order valence-electron chi connectivity index (χ4n) is 0.803. The van der Waals surface area contributed by atoms with Gasteiger partial charge in [-0.3, -0.25) is 9.36 Å². The maximum absolute atomic E-state index is 11.0. The van der Waals surface area contributed by atoms with Gasteiger partial charge in [0.2, 0.25) is 5.91 Å². The summed E-state index contributed by atoms with van der Waals surface area (Å²) in [6.45, 7) is 9.88. The van der Waals surface area contributed by atoms with Crippen molar-refractivity contribution in [3.63, 3.8) is 0 Å². The highest BCUT2D eigenvalue weighted by molar-refractivity contribution is 7.44. The topological polar surface area (TPSA) is 98.7 Å². The van der Waals surface area contributed by atoms with Crippen molar-refractivity contribution >= 4 is 13.7 Å². The van der Waals surface area contributed by atoms with Crippen molar-refractivity contribution in [2.75, 3.05) is 40.8 Å². The molecule has 1 atom stereocenters. The number of likely N-dealkylation sites (N-methyl/N-ethyl adjacent to an activating group) is 1. The average Bonchev–Trinajstić information content (AvgIpc) is 2.24. The number of hydrogen-bond donors (Lipinski definition) is 2. The number of nitrogens with zero attached hydrogens (tertiary/aromatic N) is 1. The molecular formula is C12H25N2O5P. The van der Waals surface area contributed by atoms with Gasteiger partial charge < -0.3 is 24.1 Å². The lowest BCUT2D eigenvalue weighted by Gasteiger charge is -2.23. The molecule has 0 rings (SSSR count). The van der Waals surface area contributed by atoms with Gasteiger partial charge in [0.25, 0.3) is 7.82 Å². The second-order valence-corrected chi connectivity index (χ2v) is 6.30. The van der Waals surface area contributed by atoms with Crippen molar-refractivity contribution in [2.45, 2.75) is 6.92 Å². The summed E-state index contributed by atoms with van der Waals surface area (Å²) in [4.78, 5) is 28.6. The molecule has 1 amide bonds. The van der Waals surface area contributed by atoms with E-state index in [1.807, 2.05) is 0 Å². The van der Waals surface area contributed by atoms with E-state index in [9.17, 15) is 14.3 Å². The number of phosphoric acid groups is 1. The number of hydrogen-bond acceptors (Lipinski definition) is 4. The number of carbonyl (C=O) groups is 1. The molecule has 0 bridgehead atoms. The maximum atomic E-state index is 11.0. The third kappa shape index (κ3) is 19.4. The van der Waals surface area contributed by atoms with Gasteiger partial charge >= 0.3 is 0 Å². The van der Waals surface area contributed by atoms with Crippen LogP contribution in [0.15, 0.2) is 24.8 Å². The van der Waals surface area contributed by atoms with Crippen LogP contribution < -0.4 is 10.2 Å². The SMILES string of the molecule is C=C(C)C(=O)NCC[N+](C)(C)C.C=CCOP(=O)([O-])O. The molecule has 0 spiro atoms. The third-order valence-corrected chi connectivity index (χ3v) is 2.29. The first-order valence-electron chi connectivity index (χ1n) is 5.92. The van der Waals surface area contributed by atoms with E-state index in [-0.39, 0.29) is 12.5 Å². The molecule has 118 valence electrons. The van der Waals surface area contributed by atoms with Crippen LogP contribution in [-0.2, 0) is 13.9 Å². The van der Waals surface area contributed by atoms with Crippen LogP contribution >= 0.6 is 7.82 Å². The van der Waals surface area contributed by atoms with Gasteiger partial charge in [0, 0.05) is 5.57 Å². The lowest BCUT2D eigenvalue weighted by molar-refractivity contribution is -0.869. The molecule has 0 aromatic rings. The van der Waals surface area contributed by atoms with Crippen molar-refractivity contribution in [1.82, 2.24) is 5.32 Å². The van der Waals surface area contributed by atoms with E-state index in [1.165, 1.54) is 6.08 Å². The second-order valence-electron chi connectivity index (χ2n) is 5.10. The highest BCUT2D eigenvalue weighted by Gasteiger charge is 2.07. The number of rotatable bonds is 7. The fraction of sp³-hybridized carbons (Fsp3) is 0.583. The highest BCUT2D eigenvalue weighted by atomic mass is 31.2. The number of carbonyl (C=O) groups excluding carboxylic acids is 1. The standard InChI is InChI=1S/C9H18N2O.C3H7O4P/c1-8(2)9(12)10-6-7-11(3,4)5;1-2-3-7-8(4,5)6/h1,6-7H2,2-5H3;2H,1,3H2,(H2,4,5,6). The monoisotopic (exact) mass is 308 g/mol. The summed E-state index contributed by atoms with van der Waals surface area (Å²) >= 11 is 0. The number of amides is 1. The minimum atomic E-state index is -4.50. The van der Waals surface area contributed by atoms with Gasteiger partial charge in [-0.25, -0.2) is 0 Å². The fourth-order valence-corrected chi connectivity index (χ4v) is 1.10. The molecule has 0 saturated heterocycles. The molecule has 0 aromatic heterocycles. The largest absolute Gasteiger partial charge is 0.756 e. The van der Waals surface area contributed by atoms with Crippen LogP contribution in [0.4, 0.5) is 0 Å². The van der Waals surface area contributed by atoms with Gasteiger partial charge in [-0.05, 0) is 6.92 Å². The molecule has 20 heavy (non-hydrogen) atoms. The molecule has 0 aromatic carbocycles. The molecule has 0 aliphatic heterocycles. The van der Waals surface area contributed by atoms with Crippen LogP contribution in [0, 0.1) is 0 Å². The Balaban J connectivity index is 0. The Bertz CT molecular complexity index is 371. The van der Waals surface area contributed by atoms with Crippen molar-refractivity contribution < 1.29 is 28.2 Å². The molecule has 1 unspecified atom stereocenters. The molecule has 0 heterocycles. The summed E-state index contributed by atoms with van der Waals surface area (Å²) in [7, 11) is 1.77. The zero-order chi connectivity index (χ0) is 16.4. The normalized spacial score (nSPS) is 13.5. The van der Waals surface area contributed by atoms with E-state index in [0.29, 0.717) is 12.1 Å². The smallest absolute Gasteiger partial charge is 0.265 e. The molecule has 0 fully saturated rings.